The van der Waals surface area contributed by atoms with Gasteiger partial charge in [0, 0.05) is 22.1 Å². The summed E-state index contributed by atoms with van der Waals surface area (Å²) in [5.41, 5.74) is 17.4. The first-order valence-corrected chi connectivity index (χ1v) is 19.1. The van der Waals surface area contributed by atoms with Gasteiger partial charge in [0.15, 0.2) is 5.82 Å². The molecule has 8 aromatic carbocycles. The number of hydrogen-bond donors (Lipinski definition) is 0. The maximum atomic E-state index is 5.46. The molecule has 1 spiro atoms. The van der Waals surface area contributed by atoms with Gasteiger partial charge in [0.1, 0.15) is 5.82 Å². The molecule has 10 aromatic rings. The zero-order valence-electron chi connectivity index (χ0n) is 30.3. The fourth-order valence-corrected chi connectivity index (χ4v) is 9.54. The smallest absolute Gasteiger partial charge is 0.161 e. The highest BCUT2D eigenvalue weighted by atomic mass is 15.1. The van der Waals surface area contributed by atoms with E-state index in [1.807, 2.05) is 0 Å². The highest BCUT2D eigenvalue weighted by Gasteiger charge is 2.51. The lowest BCUT2D eigenvalue weighted by Crippen LogP contribution is -2.33. The molecule has 4 heteroatoms. The summed E-state index contributed by atoms with van der Waals surface area (Å²) < 4.78 is 2.38. The number of fused-ring (bicyclic) bond motifs is 10. The minimum absolute atomic E-state index is 0.588. The van der Waals surface area contributed by atoms with Crippen LogP contribution in [0.2, 0.25) is 0 Å². The van der Waals surface area contributed by atoms with Crippen LogP contribution in [-0.2, 0) is 5.41 Å². The molecule has 0 amide bonds. The van der Waals surface area contributed by atoms with Crippen molar-refractivity contribution in [1.82, 2.24) is 19.5 Å². The monoisotopic (exact) mass is 712 g/mol. The third-order valence-electron chi connectivity index (χ3n) is 11.8. The van der Waals surface area contributed by atoms with Crippen molar-refractivity contribution in [1.29, 1.82) is 0 Å². The molecule has 260 valence electrons. The fraction of sp³-hybridized carbons (Fsp3) is 0.0192. The van der Waals surface area contributed by atoms with Crippen molar-refractivity contribution in [2.24, 2.45) is 0 Å². The maximum absolute atomic E-state index is 5.46. The number of nitrogens with zero attached hydrogens (tertiary/aromatic N) is 4. The van der Waals surface area contributed by atoms with Crippen LogP contribution in [0.4, 0.5) is 0 Å². The molecule has 0 N–H and O–H groups in total. The predicted molar refractivity (Wildman–Crippen MR) is 227 cm³/mol. The van der Waals surface area contributed by atoms with Crippen LogP contribution in [-0.4, -0.2) is 19.5 Å². The van der Waals surface area contributed by atoms with Crippen molar-refractivity contribution < 1.29 is 0 Å². The largest absolute Gasteiger partial charge is 0.292 e. The van der Waals surface area contributed by atoms with Crippen molar-refractivity contribution >= 4 is 21.9 Å². The molecule has 0 saturated heterocycles. The summed E-state index contributed by atoms with van der Waals surface area (Å²) in [7, 11) is 0. The number of para-hydroxylation sites is 3. The Bertz CT molecular complexity index is 3180. The normalized spacial score (nSPS) is 14.9. The van der Waals surface area contributed by atoms with Gasteiger partial charge in [0.2, 0.25) is 0 Å². The molecule has 1 aliphatic heterocycles. The number of aromatic nitrogens is 4. The zero-order valence-corrected chi connectivity index (χ0v) is 30.3. The van der Waals surface area contributed by atoms with E-state index in [-0.39, 0.29) is 0 Å². The first-order valence-electron chi connectivity index (χ1n) is 19.1. The minimum atomic E-state index is -0.588. The van der Waals surface area contributed by atoms with E-state index in [0.29, 0.717) is 5.82 Å². The van der Waals surface area contributed by atoms with E-state index in [9.17, 15) is 0 Å². The molecule has 0 radical (unpaired) electrons. The number of hydrogen-bond acceptors (Lipinski definition) is 3. The van der Waals surface area contributed by atoms with Crippen LogP contribution in [0.5, 0.6) is 0 Å². The van der Waals surface area contributed by atoms with Gasteiger partial charge in [-0.1, -0.05) is 176 Å². The summed E-state index contributed by atoms with van der Waals surface area (Å²) in [6, 6.07) is 69.4. The van der Waals surface area contributed by atoms with Crippen LogP contribution in [0, 0.1) is 0 Å². The Morgan fingerprint density at radius 3 is 1.80 bits per heavy atom. The van der Waals surface area contributed by atoms with E-state index in [0.717, 1.165) is 55.8 Å². The van der Waals surface area contributed by atoms with Gasteiger partial charge in [-0.2, -0.15) is 0 Å². The molecule has 3 heterocycles. The van der Waals surface area contributed by atoms with Gasteiger partial charge in [0.25, 0.3) is 0 Å². The lowest BCUT2D eigenvalue weighted by atomic mass is 9.65. The molecule has 0 saturated carbocycles. The zero-order chi connectivity index (χ0) is 36.8. The summed E-state index contributed by atoms with van der Waals surface area (Å²) in [6.45, 7) is 0. The average molecular weight is 713 g/mol. The lowest BCUT2D eigenvalue weighted by Gasteiger charge is -2.39. The van der Waals surface area contributed by atoms with Crippen molar-refractivity contribution in [2.45, 2.75) is 5.41 Å². The Labute approximate surface area is 324 Å². The predicted octanol–water partition coefficient (Wildman–Crippen LogP) is 12.3. The van der Waals surface area contributed by atoms with E-state index in [2.05, 4.69) is 199 Å². The van der Waals surface area contributed by atoms with Crippen molar-refractivity contribution in [3.8, 4) is 62.0 Å². The van der Waals surface area contributed by atoms with Gasteiger partial charge in [-0.05, 0) is 62.7 Å². The summed E-state index contributed by atoms with van der Waals surface area (Å²) in [5.74, 6) is 1.66. The maximum Gasteiger partial charge on any atom is 0.161 e. The van der Waals surface area contributed by atoms with Crippen molar-refractivity contribution in [3.63, 3.8) is 0 Å². The minimum Gasteiger partial charge on any atom is -0.292 e. The second-order valence-electron chi connectivity index (χ2n) is 14.7. The first-order chi connectivity index (χ1) is 27.8. The molecule has 1 unspecified atom stereocenters. The van der Waals surface area contributed by atoms with E-state index in [1.165, 1.54) is 44.5 Å². The second-order valence-corrected chi connectivity index (χ2v) is 14.7. The molecule has 2 aliphatic rings. The number of rotatable bonds is 4. The van der Waals surface area contributed by atoms with Gasteiger partial charge in [-0.25, -0.2) is 15.0 Å². The molecule has 1 atom stereocenters. The molecule has 0 bridgehead atoms. The average Bonchev–Trinajstić information content (AvgIpc) is 3.81. The van der Waals surface area contributed by atoms with Gasteiger partial charge >= 0.3 is 0 Å². The van der Waals surface area contributed by atoms with E-state index in [1.54, 1.807) is 0 Å². The molecular weight excluding hydrogens is 681 g/mol. The first kappa shape index (κ1) is 31.0. The van der Waals surface area contributed by atoms with E-state index >= 15 is 0 Å². The van der Waals surface area contributed by atoms with Gasteiger partial charge in [-0.3, -0.25) is 4.57 Å². The van der Waals surface area contributed by atoms with Crippen LogP contribution in [0.1, 0.15) is 22.3 Å². The van der Waals surface area contributed by atoms with Crippen LogP contribution in [0.15, 0.2) is 194 Å². The Morgan fingerprint density at radius 1 is 0.375 bits per heavy atom. The number of imidazole rings is 1. The summed E-state index contributed by atoms with van der Waals surface area (Å²) in [6.07, 6.45) is 0. The third-order valence-corrected chi connectivity index (χ3v) is 11.8. The van der Waals surface area contributed by atoms with Crippen LogP contribution >= 0.6 is 0 Å². The SMILES string of the molecule is c1ccc(-c2ccc(-c3nc(-c4cccc5c4-c4ccccc4C54c5ccccc5-n5c(-c6ccccc6)nc6cccc4c65)nc4ccccc34)cc2)cc1. The second kappa shape index (κ2) is 11.8. The third kappa shape index (κ3) is 4.21. The molecule has 4 nitrogen and oxygen atoms in total. The molecular formula is C52H32N4. The standard InChI is InChI=1S/C52H32N4/c1-3-15-33(16-4-1)34-29-31-35(32-30-34)48-38-20-8-11-26-44(38)53-50(55-48)39-21-13-24-42-47(39)37-19-7-9-22-40(37)52(42)41-23-10-12-28-46(41)56-49-43(52)25-14-27-45(49)54-51(56)36-17-5-2-6-18-36/h1-32H. The highest BCUT2D eigenvalue weighted by molar-refractivity contribution is 6.01. The summed E-state index contributed by atoms with van der Waals surface area (Å²) >= 11 is 0. The molecule has 1 aliphatic carbocycles. The quantitative estimate of drug-likeness (QED) is 0.182. The van der Waals surface area contributed by atoms with Crippen LogP contribution < -0.4 is 0 Å². The topological polar surface area (TPSA) is 43.6 Å². The van der Waals surface area contributed by atoms with Crippen molar-refractivity contribution in [3.05, 3.63) is 216 Å². The van der Waals surface area contributed by atoms with Gasteiger partial charge in [0.05, 0.1) is 33.3 Å². The summed E-state index contributed by atoms with van der Waals surface area (Å²) in [5, 5.41) is 1.03. The van der Waals surface area contributed by atoms with Crippen LogP contribution in [0.25, 0.3) is 83.9 Å². The van der Waals surface area contributed by atoms with E-state index < -0.39 is 5.41 Å². The molecule has 12 rings (SSSR count). The molecule has 0 fully saturated rings. The highest BCUT2D eigenvalue weighted by Crippen LogP contribution is 2.62. The Balaban J connectivity index is 1.13. The lowest BCUT2D eigenvalue weighted by molar-refractivity contribution is 0.746. The van der Waals surface area contributed by atoms with Crippen LogP contribution in [0.3, 0.4) is 0 Å². The van der Waals surface area contributed by atoms with E-state index in [4.69, 9.17) is 15.0 Å². The van der Waals surface area contributed by atoms with Gasteiger partial charge in [-0.15, -0.1) is 0 Å². The fourth-order valence-electron chi connectivity index (χ4n) is 9.54. The Kier molecular flexibility index (Phi) is 6.52. The Hall–Kier alpha value is -7.43. The Morgan fingerprint density at radius 2 is 0.964 bits per heavy atom. The number of benzene rings is 8. The summed E-state index contributed by atoms with van der Waals surface area (Å²) in [4.78, 5) is 16.1. The van der Waals surface area contributed by atoms with Crippen molar-refractivity contribution in [2.75, 3.05) is 0 Å². The van der Waals surface area contributed by atoms with Gasteiger partial charge < -0.3 is 0 Å². The molecule has 2 aromatic heterocycles. The molecule has 56 heavy (non-hydrogen) atoms.